The number of benzene rings is 2. The summed E-state index contributed by atoms with van der Waals surface area (Å²) in [5, 5.41) is 4.61. The molecular weight excluding hydrogens is 325 g/mol. The number of carbonyl (C=O) groups is 1. The van der Waals surface area contributed by atoms with Crippen molar-refractivity contribution in [2.75, 3.05) is 0 Å². The van der Waals surface area contributed by atoms with Crippen LogP contribution in [0.15, 0.2) is 69.6 Å². The summed E-state index contributed by atoms with van der Waals surface area (Å²) >= 11 is 0. The lowest BCUT2D eigenvalue weighted by Crippen LogP contribution is -2.03. The van der Waals surface area contributed by atoms with E-state index in [2.05, 4.69) is 5.16 Å². The molecule has 2 heterocycles. The number of rotatable bonds is 4. The Balaban J connectivity index is 1.46. The molecule has 0 saturated heterocycles. The molecule has 0 aliphatic carbocycles. The van der Waals surface area contributed by atoms with Crippen molar-refractivity contribution in [2.45, 2.75) is 6.61 Å². The minimum atomic E-state index is -0.605. The summed E-state index contributed by atoms with van der Waals surface area (Å²) in [6, 6.07) is 16.6. The Labute approximate surface area is 141 Å². The van der Waals surface area contributed by atoms with E-state index in [1.54, 1.807) is 30.3 Å². The summed E-state index contributed by atoms with van der Waals surface area (Å²) in [6.07, 6.45) is 0. The van der Waals surface area contributed by atoms with Gasteiger partial charge in [-0.25, -0.2) is 9.18 Å². The number of halogens is 1. The average molecular weight is 337 g/mol. The van der Waals surface area contributed by atoms with E-state index in [9.17, 15) is 9.18 Å². The van der Waals surface area contributed by atoms with Crippen molar-refractivity contribution in [3.8, 4) is 11.3 Å². The Morgan fingerprint density at radius 3 is 2.72 bits per heavy atom. The van der Waals surface area contributed by atoms with Gasteiger partial charge in [-0.2, -0.15) is 0 Å². The molecule has 5 nitrogen and oxygen atoms in total. The molecule has 0 radical (unpaired) electrons. The molecule has 6 heteroatoms. The van der Waals surface area contributed by atoms with Gasteiger partial charge in [0.25, 0.3) is 0 Å². The first-order valence-electron chi connectivity index (χ1n) is 7.57. The van der Waals surface area contributed by atoms with E-state index in [4.69, 9.17) is 13.7 Å². The number of esters is 1. The molecule has 0 aliphatic heterocycles. The zero-order chi connectivity index (χ0) is 17.2. The highest BCUT2D eigenvalue weighted by molar-refractivity contribution is 5.92. The third-order valence-corrected chi connectivity index (χ3v) is 3.68. The van der Waals surface area contributed by atoms with Gasteiger partial charge in [-0.05, 0) is 24.3 Å². The van der Waals surface area contributed by atoms with Crippen molar-refractivity contribution in [2.24, 2.45) is 0 Å². The highest BCUT2D eigenvalue weighted by Gasteiger charge is 2.16. The van der Waals surface area contributed by atoms with Crippen LogP contribution in [0.2, 0.25) is 0 Å². The maximum atomic E-state index is 13.7. The summed E-state index contributed by atoms with van der Waals surface area (Å²) in [4.78, 5) is 12.1. The normalized spacial score (nSPS) is 10.9. The lowest BCUT2D eigenvalue weighted by molar-refractivity contribution is 0.0430. The van der Waals surface area contributed by atoms with E-state index >= 15 is 0 Å². The van der Waals surface area contributed by atoms with Crippen LogP contribution < -0.4 is 0 Å². The van der Waals surface area contributed by atoms with Crippen LogP contribution in [0.3, 0.4) is 0 Å². The van der Waals surface area contributed by atoms with E-state index in [-0.39, 0.29) is 18.1 Å². The number of carbonyl (C=O) groups excluding carboxylic acids is 1. The van der Waals surface area contributed by atoms with Crippen molar-refractivity contribution in [1.82, 2.24) is 5.16 Å². The van der Waals surface area contributed by atoms with Crippen LogP contribution in [0.25, 0.3) is 22.3 Å². The molecule has 0 fully saturated rings. The lowest BCUT2D eigenvalue weighted by atomic mass is 10.1. The third kappa shape index (κ3) is 3.01. The minimum absolute atomic E-state index is 0.103. The fourth-order valence-electron chi connectivity index (χ4n) is 2.46. The molecule has 124 valence electrons. The molecule has 0 aliphatic rings. The van der Waals surface area contributed by atoms with Gasteiger partial charge in [-0.3, -0.25) is 0 Å². The number of aromatic nitrogens is 1. The van der Waals surface area contributed by atoms with Crippen LogP contribution in [0.1, 0.15) is 16.2 Å². The first-order chi connectivity index (χ1) is 12.2. The van der Waals surface area contributed by atoms with Gasteiger partial charge in [-0.1, -0.05) is 35.5 Å². The summed E-state index contributed by atoms with van der Waals surface area (Å²) in [7, 11) is 0. The van der Waals surface area contributed by atoms with Gasteiger partial charge >= 0.3 is 5.97 Å². The predicted octanol–water partition coefficient (Wildman–Crippen LogP) is 4.58. The summed E-state index contributed by atoms with van der Waals surface area (Å²) in [5.41, 5.74) is 1.28. The van der Waals surface area contributed by atoms with E-state index in [1.165, 1.54) is 12.1 Å². The largest absolute Gasteiger partial charge is 0.453 e. The molecule has 2 aromatic heterocycles. The Kier molecular flexibility index (Phi) is 3.78. The first kappa shape index (κ1) is 15.1. The third-order valence-electron chi connectivity index (χ3n) is 3.68. The number of hydrogen-bond donors (Lipinski definition) is 0. The van der Waals surface area contributed by atoms with Gasteiger partial charge in [0.1, 0.15) is 23.7 Å². The quantitative estimate of drug-likeness (QED) is 0.510. The van der Waals surface area contributed by atoms with Crippen molar-refractivity contribution < 1.29 is 22.9 Å². The zero-order valence-electron chi connectivity index (χ0n) is 12.9. The van der Waals surface area contributed by atoms with E-state index < -0.39 is 11.8 Å². The number of para-hydroxylation sites is 1. The van der Waals surface area contributed by atoms with Gasteiger partial charge in [0.2, 0.25) is 5.76 Å². The van der Waals surface area contributed by atoms with E-state index in [1.807, 2.05) is 18.2 Å². The van der Waals surface area contributed by atoms with Crippen LogP contribution in [-0.2, 0) is 11.3 Å². The molecule has 0 spiro atoms. The highest BCUT2D eigenvalue weighted by atomic mass is 19.1. The number of fused-ring (bicyclic) bond motifs is 1. The van der Waals surface area contributed by atoms with Crippen molar-refractivity contribution in [3.05, 3.63) is 77.9 Å². The molecule has 2 aromatic carbocycles. The lowest BCUT2D eigenvalue weighted by Gasteiger charge is -1.98. The molecule has 25 heavy (non-hydrogen) atoms. The molecule has 0 bridgehead atoms. The Hall–Kier alpha value is -3.41. The summed E-state index contributed by atoms with van der Waals surface area (Å²) in [5.74, 6) is -0.636. The van der Waals surface area contributed by atoms with Gasteiger partial charge < -0.3 is 13.7 Å². The average Bonchev–Trinajstić information content (AvgIpc) is 3.27. The van der Waals surface area contributed by atoms with Crippen molar-refractivity contribution in [3.63, 3.8) is 0 Å². The Bertz CT molecular complexity index is 1020. The zero-order valence-corrected chi connectivity index (χ0v) is 12.9. The number of hydrogen-bond acceptors (Lipinski definition) is 5. The monoisotopic (exact) mass is 337 g/mol. The Morgan fingerprint density at radius 2 is 1.88 bits per heavy atom. The molecule has 0 amide bonds. The standard InChI is InChI=1S/C19H12FNO4/c20-15-7-3-2-6-14(15)17-10-13(21-25-17)11-23-19(22)18-9-12-5-1-4-8-16(12)24-18/h1-10H,11H2. The van der Waals surface area contributed by atoms with Gasteiger partial charge in [-0.15, -0.1) is 0 Å². The van der Waals surface area contributed by atoms with E-state index in [0.29, 0.717) is 16.8 Å². The maximum absolute atomic E-state index is 13.7. The summed E-state index contributed by atoms with van der Waals surface area (Å²) in [6.45, 7) is -0.103. The molecular formula is C19H12FNO4. The number of ether oxygens (including phenoxy) is 1. The fraction of sp³-hybridized carbons (Fsp3) is 0.0526. The smallest absolute Gasteiger partial charge is 0.374 e. The van der Waals surface area contributed by atoms with Crippen LogP contribution in [0.5, 0.6) is 0 Å². The van der Waals surface area contributed by atoms with Gasteiger partial charge in [0.15, 0.2) is 5.76 Å². The van der Waals surface area contributed by atoms with Crippen LogP contribution in [0.4, 0.5) is 4.39 Å². The van der Waals surface area contributed by atoms with Crippen molar-refractivity contribution >= 4 is 16.9 Å². The molecule has 4 rings (SSSR count). The predicted molar refractivity (Wildman–Crippen MR) is 87.2 cm³/mol. The van der Waals surface area contributed by atoms with E-state index in [0.717, 1.165) is 5.39 Å². The number of nitrogens with zero attached hydrogens (tertiary/aromatic N) is 1. The molecule has 0 N–H and O–H groups in total. The molecule has 4 aromatic rings. The second-order valence-corrected chi connectivity index (χ2v) is 5.39. The second-order valence-electron chi connectivity index (χ2n) is 5.39. The maximum Gasteiger partial charge on any atom is 0.374 e. The molecule has 0 atom stereocenters. The van der Waals surface area contributed by atoms with Crippen LogP contribution in [-0.4, -0.2) is 11.1 Å². The Morgan fingerprint density at radius 1 is 1.08 bits per heavy atom. The number of furan rings is 1. The van der Waals surface area contributed by atoms with Crippen LogP contribution in [0, 0.1) is 5.82 Å². The minimum Gasteiger partial charge on any atom is -0.453 e. The first-order valence-corrected chi connectivity index (χ1v) is 7.57. The highest BCUT2D eigenvalue weighted by Crippen LogP contribution is 2.24. The second kappa shape index (κ2) is 6.24. The molecule has 0 saturated carbocycles. The van der Waals surface area contributed by atoms with Gasteiger partial charge in [0.05, 0.1) is 5.56 Å². The SMILES string of the molecule is O=C(OCc1cc(-c2ccccc2F)on1)c1cc2ccccc2o1. The topological polar surface area (TPSA) is 65.5 Å². The van der Waals surface area contributed by atoms with Crippen LogP contribution >= 0.6 is 0 Å². The molecule has 0 unspecified atom stereocenters. The van der Waals surface area contributed by atoms with Crippen molar-refractivity contribution in [1.29, 1.82) is 0 Å². The van der Waals surface area contributed by atoms with Gasteiger partial charge in [0, 0.05) is 11.5 Å². The summed E-state index contributed by atoms with van der Waals surface area (Å²) < 4.78 is 29.5. The fourth-order valence-corrected chi connectivity index (χ4v) is 2.46.